The lowest BCUT2D eigenvalue weighted by molar-refractivity contribution is -0.384. The van der Waals surface area contributed by atoms with E-state index in [1.165, 1.54) is 17.9 Å². The van der Waals surface area contributed by atoms with Gasteiger partial charge in [-0.2, -0.15) is 5.10 Å². The monoisotopic (exact) mass is 668 g/mol. The van der Waals surface area contributed by atoms with E-state index in [-0.39, 0.29) is 37.0 Å². The Hall–Kier alpha value is -4.72. The molecular weight excluding hydrogens is 618 g/mol. The lowest BCUT2D eigenvalue weighted by atomic mass is 10.1. The van der Waals surface area contributed by atoms with E-state index in [1.54, 1.807) is 49.3 Å². The van der Waals surface area contributed by atoms with Gasteiger partial charge < -0.3 is 24.4 Å². The first kappa shape index (κ1) is 31.9. The maximum absolute atomic E-state index is 12.4. The molecule has 3 heterocycles. The number of hydrogen-bond donors (Lipinski definition) is 1. The summed E-state index contributed by atoms with van der Waals surface area (Å²) < 4.78 is 42.4. The number of aryl methyl sites for hydroxylation is 2. The van der Waals surface area contributed by atoms with E-state index in [9.17, 15) is 19.7 Å². The largest absolute Gasteiger partial charge is 0.477 e. The molecule has 3 aromatic rings. The molecule has 48 heavy (non-hydrogen) atoms. The third-order valence-electron chi connectivity index (χ3n) is 7.70. The van der Waals surface area contributed by atoms with Crippen LogP contribution < -0.4 is 10.1 Å². The molecule has 14 heteroatoms. The summed E-state index contributed by atoms with van der Waals surface area (Å²) >= 11 is 0. The third-order valence-corrected chi connectivity index (χ3v) is 7.70. The van der Waals surface area contributed by atoms with Gasteiger partial charge in [0.05, 0.1) is 41.7 Å². The fraction of sp³-hybridized carbons (Fsp3) is 0.529. The molecule has 1 aliphatic heterocycles. The standard InChI is InChI=1S/C34H47N7O7/c1-23(9-8-16-47-31-27(21-36-38(31)6)28-19-26(32(42)46-7)17-24(2)37-28)20-35-29-18-25(10-11-30(29)41(44)45)22-39-12-14-40(15-13-39)33(43)48-34(3,4)5/h10-11,17-19,21,23,35H,8-9,12-16,20,22H2,1-7H3/i1D3. The molecule has 1 amide bonds. The van der Waals surface area contributed by atoms with Gasteiger partial charge in [-0.05, 0) is 70.2 Å². The minimum Gasteiger partial charge on any atom is -0.477 e. The Morgan fingerprint density at radius 1 is 1.17 bits per heavy atom. The summed E-state index contributed by atoms with van der Waals surface area (Å²) in [4.78, 5) is 44.3. The van der Waals surface area contributed by atoms with Gasteiger partial charge in [0.1, 0.15) is 11.3 Å². The van der Waals surface area contributed by atoms with E-state index in [4.69, 9.17) is 18.3 Å². The van der Waals surface area contributed by atoms with Crippen molar-refractivity contribution in [2.45, 2.75) is 59.5 Å². The molecule has 1 fully saturated rings. The van der Waals surface area contributed by atoms with Gasteiger partial charge in [-0.25, -0.2) is 14.3 Å². The number of hydrogen-bond acceptors (Lipinski definition) is 11. The van der Waals surface area contributed by atoms with Crippen LogP contribution in [0.25, 0.3) is 11.3 Å². The summed E-state index contributed by atoms with van der Waals surface area (Å²) in [5, 5.41) is 19.2. The molecule has 1 aromatic carbocycles. The van der Waals surface area contributed by atoms with Crippen LogP contribution in [0.3, 0.4) is 0 Å². The second-order valence-electron chi connectivity index (χ2n) is 12.8. The first-order chi connectivity index (χ1) is 23.9. The Bertz CT molecular complexity index is 1700. The summed E-state index contributed by atoms with van der Waals surface area (Å²) in [5.41, 5.74) is 2.34. The van der Waals surface area contributed by atoms with Gasteiger partial charge in [-0.15, -0.1) is 0 Å². The van der Waals surface area contributed by atoms with Gasteiger partial charge in [0.15, 0.2) is 0 Å². The van der Waals surface area contributed by atoms with Gasteiger partial charge in [0.25, 0.3) is 5.69 Å². The number of nitrogens with one attached hydrogen (secondary N) is 1. The molecular formula is C34H47N7O7. The fourth-order valence-corrected chi connectivity index (χ4v) is 5.30. The van der Waals surface area contributed by atoms with Gasteiger partial charge >= 0.3 is 12.1 Å². The molecule has 0 spiro atoms. The molecule has 1 aliphatic rings. The number of aromatic nitrogens is 3. The van der Waals surface area contributed by atoms with Crippen LogP contribution in [0.2, 0.25) is 0 Å². The highest BCUT2D eigenvalue weighted by atomic mass is 16.6. The van der Waals surface area contributed by atoms with Crippen molar-refractivity contribution in [1.29, 1.82) is 0 Å². The maximum Gasteiger partial charge on any atom is 0.410 e. The highest BCUT2D eigenvalue weighted by molar-refractivity contribution is 5.90. The molecule has 0 radical (unpaired) electrons. The lowest BCUT2D eigenvalue weighted by Crippen LogP contribution is -2.49. The van der Waals surface area contributed by atoms with Gasteiger partial charge in [0.2, 0.25) is 5.88 Å². The molecule has 1 saturated heterocycles. The van der Waals surface area contributed by atoms with Crippen LogP contribution in [0.4, 0.5) is 16.2 Å². The van der Waals surface area contributed by atoms with Crippen molar-refractivity contribution in [2.75, 3.05) is 51.8 Å². The molecule has 0 aliphatic carbocycles. The smallest absolute Gasteiger partial charge is 0.410 e. The van der Waals surface area contributed by atoms with E-state index in [2.05, 4.69) is 20.3 Å². The topological polar surface area (TPSA) is 154 Å². The van der Waals surface area contributed by atoms with Crippen LogP contribution in [-0.2, 0) is 23.1 Å². The van der Waals surface area contributed by atoms with E-state index >= 15 is 0 Å². The second kappa shape index (κ2) is 15.9. The summed E-state index contributed by atoms with van der Waals surface area (Å²) in [6.07, 6.45) is 1.86. The van der Waals surface area contributed by atoms with Gasteiger partial charge in [-0.3, -0.25) is 20.0 Å². The highest BCUT2D eigenvalue weighted by Crippen LogP contribution is 2.30. The number of amides is 1. The zero-order valence-electron chi connectivity index (χ0n) is 31.4. The van der Waals surface area contributed by atoms with Crippen molar-refractivity contribution in [1.82, 2.24) is 24.6 Å². The SMILES string of the molecule is [2H]C([2H])([2H])C(CCCOc1c(-c2cc(C(=O)OC)cc(C)n2)cnn1C)CNc1cc(CN2CCN(C(=O)OC(C)(C)C)CC2)ccc1[N+](=O)[O-]. The Morgan fingerprint density at radius 2 is 1.92 bits per heavy atom. The average Bonchev–Trinajstić information content (AvgIpc) is 3.42. The molecule has 14 nitrogen and oxygen atoms in total. The quantitative estimate of drug-likeness (QED) is 0.107. The molecule has 0 saturated carbocycles. The van der Waals surface area contributed by atoms with Gasteiger partial charge in [-0.1, -0.05) is 12.9 Å². The maximum atomic E-state index is 12.4. The van der Waals surface area contributed by atoms with E-state index < -0.39 is 29.3 Å². The van der Waals surface area contributed by atoms with E-state index in [0.717, 1.165) is 5.56 Å². The van der Waals surface area contributed by atoms with Crippen LogP contribution in [0.1, 0.15) is 66.2 Å². The molecule has 1 unspecified atom stereocenters. The number of rotatable bonds is 13. The fourth-order valence-electron chi connectivity index (χ4n) is 5.30. The second-order valence-corrected chi connectivity index (χ2v) is 12.8. The van der Waals surface area contributed by atoms with Gasteiger partial charge in [0, 0.05) is 62.2 Å². The normalized spacial score (nSPS) is 15.5. The third kappa shape index (κ3) is 9.89. The molecule has 0 bridgehead atoms. The number of piperazine rings is 1. The lowest BCUT2D eigenvalue weighted by Gasteiger charge is -2.35. The number of benzene rings is 1. The van der Waals surface area contributed by atoms with Crippen molar-refractivity contribution in [3.63, 3.8) is 0 Å². The predicted molar refractivity (Wildman–Crippen MR) is 181 cm³/mol. The van der Waals surface area contributed by atoms with Crippen LogP contribution >= 0.6 is 0 Å². The number of anilines is 1. The van der Waals surface area contributed by atoms with Crippen molar-refractivity contribution in [3.8, 4) is 17.1 Å². The zero-order chi connectivity index (χ0) is 37.5. The highest BCUT2D eigenvalue weighted by Gasteiger charge is 2.26. The first-order valence-electron chi connectivity index (χ1n) is 17.4. The summed E-state index contributed by atoms with van der Waals surface area (Å²) in [5.74, 6) is -0.909. The Morgan fingerprint density at radius 3 is 2.58 bits per heavy atom. The molecule has 2 aromatic heterocycles. The van der Waals surface area contributed by atoms with Crippen LogP contribution in [-0.4, -0.2) is 93.6 Å². The van der Waals surface area contributed by atoms with E-state index in [0.29, 0.717) is 67.5 Å². The molecule has 1 N–H and O–H groups in total. The average molecular weight is 669 g/mol. The van der Waals surface area contributed by atoms with Crippen molar-refractivity contribution in [3.05, 3.63) is 63.5 Å². The predicted octanol–water partition coefficient (Wildman–Crippen LogP) is 5.45. The summed E-state index contributed by atoms with van der Waals surface area (Å²) in [6.45, 7) is 7.78. The number of carbonyl (C=O) groups excluding carboxylic acids is 2. The first-order valence-corrected chi connectivity index (χ1v) is 15.9. The van der Waals surface area contributed by atoms with E-state index in [1.807, 2.05) is 20.8 Å². The number of pyridine rings is 1. The Labute approximate surface area is 285 Å². The Balaban J connectivity index is 1.37. The summed E-state index contributed by atoms with van der Waals surface area (Å²) in [6, 6.07) is 8.02. The van der Waals surface area contributed by atoms with Crippen LogP contribution in [0.5, 0.6) is 5.88 Å². The Kier molecular flexibility index (Phi) is 10.6. The minimum atomic E-state index is -2.33. The van der Waals surface area contributed by atoms with Crippen molar-refractivity contribution < 1.29 is 32.8 Å². The van der Waals surface area contributed by atoms with Crippen LogP contribution in [0.15, 0.2) is 36.5 Å². The number of nitrogens with zero attached hydrogens (tertiary/aromatic N) is 6. The number of nitro benzene ring substituents is 1. The number of ether oxygens (including phenoxy) is 3. The molecule has 260 valence electrons. The van der Waals surface area contributed by atoms with Crippen molar-refractivity contribution in [2.24, 2.45) is 13.0 Å². The summed E-state index contributed by atoms with van der Waals surface area (Å²) in [7, 11) is 3.01. The molecule has 4 rings (SSSR count). The number of esters is 1. The molecule has 1 atom stereocenters. The van der Waals surface area contributed by atoms with Crippen molar-refractivity contribution >= 4 is 23.4 Å². The number of nitro groups is 1. The number of methoxy groups -OCH3 is 1. The zero-order valence-corrected chi connectivity index (χ0v) is 28.4. The minimum absolute atomic E-state index is 0.0180. The number of carbonyl (C=O) groups is 2. The van der Waals surface area contributed by atoms with Crippen LogP contribution in [0, 0.1) is 23.0 Å².